The Morgan fingerprint density at radius 3 is 1.35 bits per heavy atom. The van der Waals surface area contributed by atoms with Crippen molar-refractivity contribution in [1.82, 2.24) is 0 Å². The predicted molar refractivity (Wildman–Crippen MR) is 189 cm³/mol. The Kier molecular flexibility index (Phi) is 14.2. The minimum Gasteiger partial charge on any atom is -0.288 e. The zero-order valence-corrected chi connectivity index (χ0v) is 33.3. The summed E-state index contributed by atoms with van der Waals surface area (Å²) >= 11 is 0. The molecule has 14 nitrogen and oxygen atoms in total. The summed E-state index contributed by atoms with van der Waals surface area (Å²) < 4.78 is 277. The van der Waals surface area contributed by atoms with Crippen LogP contribution in [0.2, 0.25) is 0 Å². The van der Waals surface area contributed by atoms with E-state index in [4.69, 9.17) is 0 Å². The monoisotopic (exact) mass is 1020 g/mol. The molecular weight excluding hydrogens is 994 g/mol. The smallest absolute Gasteiger partial charge is 0.288 e. The Hall–Kier alpha value is -5.89. The number of carbonyl (C=O) groups is 1. The second-order valence-electron chi connectivity index (χ2n) is 13.2. The highest BCUT2D eigenvalue weighted by Gasteiger charge is 2.76. The number of benzene rings is 3. The van der Waals surface area contributed by atoms with E-state index >= 15 is 0 Å². The molecule has 1 aliphatic rings. The number of nitro benzene ring substituents is 2. The van der Waals surface area contributed by atoms with Crippen molar-refractivity contribution in [3.8, 4) is 11.1 Å². The zero-order valence-electron chi connectivity index (χ0n) is 31.7. The number of alkyl halides is 16. The lowest BCUT2D eigenvalue weighted by atomic mass is 10.0. The maximum atomic E-state index is 14.3. The number of nitro groups is 2. The first kappa shape index (κ1) is 52.7. The van der Waals surface area contributed by atoms with Gasteiger partial charge in [0.1, 0.15) is 23.0 Å². The third-order valence-corrected chi connectivity index (χ3v) is 11.4. The molecule has 0 saturated heterocycles. The van der Waals surface area contributed by atoms with Crippen molar-refractivity contribution in [3.63, 3.8) is 0 Å². The summed E-state index contributed by atoms with van der Waals surface area (Å²) in [7, 11) is -12.5. The predicted octanol–water partition coefficient (Wildman–Crippen LogP) is 9.23. The van der Waals surface area contributed by atoms with Gasteiger partial charge in [-0.15, -0.1) is 0 Å². The first-order chi connectivity index (χ1) is 29.9. The van der Waals surface area contributed by atoms with Gasteiger partial charge in [-0.2, -0.15) is 69.5 Å². The molecule has 0 heterocycles. The quantitative estimate of drug-likeness (QED) is 0.0376. The van der Waals surface area contributed by atoms with Crippen molar-refractivity contribution in [2.75, 3.05) is 18.1 Å². The van der Waals surface area contributed by atoms with E-state index in [0.717, 1.165) is 24.1 Å². The number of hydrogen-bond acceptors (Lipinski definition) is 11. The van der Waals surface area contributed by atoms with E-state index in [9.17, 15) is 112 Å². The highest BCUT2D eigenvalue weighted by atomic mass is 32.2. The number of allylic oxidation sites excluding steroid dienone is 2. The number of anilines is 1. The topological polar surface area (TPSA) is 193 Å². The van der Waals surface area contributed by atoms with Gasteiger partial charge in [-0.1, -0.05) is 24.3 Å². The fourth-order valence-corrected chi connectivity index (χ4v) is 7.54. The molecule has 3 aromatic carbocycles. The summed E-state index contributed by atoms with van der Waals surface area (Å²) in [6.45, 7) is -5.74. The van der Waals surface area contributed by atoms with Gasteiger partial charge in [-0.3, -0.25) is 38.3 Å². The summed E-state index contributed by atoms with van der Waals surface area (Å²) in [5.74, 6) is -41.5. The molecule has 1 aliphatic carbocycles. The fourth-order valence-electron chi connectivity index (χ4n) is 5.62. The first-order valence-electron chi connectivity index (χ1n) is 16.9. The van der Waals surface area contributed by atoms with Crippen molar-refractivity contribution in [3.05, 3.63) is 104 Å². The molecule has 1 amide bonds. The molecule has 0 N–H and O–H groups in total. The van der Waals surface area contributed by atoms with Crippen LogP contribution in [0.25, 0.3) is 16.7 Å². The van der Waals surface area contributed by atoms with Gasteiger partial charge in [-0.25, -0.2) is 17.6 Å². The molecule has 0 bridgehead atoms. The normalized spacial score (nSPS) is 14.2. The van der Waals surface area contributed by atoms with Crippen LogP contribution in [-0.4, -0.2) is 94.2 Å². The molecule has 0 radical (unpaired) electrons. The van der Waals surface area contributed by atoms with Crippen LogP contribution in [0, 0.1) is 20.2 Å². The minimum atomic E-state index is -7.04. The van der Waals surface area contributed by atoms with Gasteiger partial charge in [-0.05, 0) is 47.0 Å². The highest BCUT2D eigenvalue weighted by Crippen LogP contribution is 2.55. The second kappa shape index (κ2) is 17.7. The molecule has 3 aromatic rings. The van der Waals surface area contributed by atoms with Crippen molar-refractivity contribution in [1.29, 1.82) is 0 Å². The van der Waals surface area contributed by atoms with Crippen LogP contribution in [0.1, 0.15) is 18.1 Å². The van der Waals surface area contributed by atoms with Gasteiger partial charge < -0.3 is 0 Å². The Morgan fingerprint density at radius 2 is 1.03 bits per heavy atom. The number of fused-ring (bicyclic) bond motifs is 3. The van der Waals surface area contributed by atoms with E-state index < -0.39 is 147 Å². The molecule has 66 heavy (non-hydrogen) atoms. The van der Waals surface area contributed by atoms with E-state index in [1.54, 1.807) is 0 Å². The van der Waals surface area contributed by atoms with Crippen LogP contribution in [0.4, 0.5) is 87.3 Å². The van der Waals surface area contributed by atoms with E-state index in [2.05, 4.69) is 8.37 Å². The summed E-state index contributed by atoms with van der Waals surface area (Å²) in [6, 6.07) is 6.91. The Bertz CT molecular complexity index is 2570. The number of nitrogens with zero attached hydrogens (tertiary/aromatic N) is 3. The summed E-state index contributed by atoms with van der Waals surface area (Å²) in [6.07, 6.45) is -8.63. The van der Waals surface area contributed by atoms with Crippen LogP contribution >= 0.6 is 0 Å². The van der Waals surface area contributed by atoms with Gasteiger partial charge in [0.2, 0.25) is 5.91 Å². The molecule has 0 aromatic heterocycles. The molecular formula is C34H21F16N3O11S2. The Labute approximate surface area is 357 Å². The summed E-state index contributed by atoms with van der Waals surface area (Å²) in [5.41, 5.74) is -8.43. The SMILES string of the molecule is CC(=O)N(/C=C/C=C1c2cc(S(=O)(=O)OCC(F)(F)C(F)(F)C(F)(F)C(F)F)cc([N+](=O)[O-])c2-c2c1cc(S(=O)(=O)OCC(F)(F)C(F)(F)C(F)(F)C(F)F)cc2[N+](=O)[O-])c1ccccc1. The van der Waals surface area contributed by atoms with Crippen LogP contribution in [-0.2, 0) is 33.4 Å². The Balaban J connectivity index is 2.00. The van der Waals surface area contributed by atoms with E-state index in [0.29, 0.717) is 6.08 Å². The maximum absolute atomic E-state index is 14.3. The third-order valence-electron chi connectivity index (χ3n) is 8.95. The molecule has 0 spiro atoms. The van der Waals surface area contributed by atoms with E-state index in [1.165, 1.54) is 30.3 Å². The molecule has 0 atom stereocenters. The molecule has 0 aliphatic heterocycles. The van der Waals surface area contributed by atoms with Gasteiger partial charge in [0.25, 0.3) is 31.6 Å². The van der Waals surface area contributed by atoms with Gasteiger partial charge in [0, 0.05) is 30.9 Å². The lowest BCUT2D eigenvalue weighted by Gasteiger charge is -2.31. The Morgan fingerprint density at radius 1 is 0.667 bits per heavy atom. The zero-order chi connectivity index (χ0) is 50.6. The minimum absolute atomic E-state index is 0.0941. The molecule has 0 unspecified atom stereocenters. The molecule has 0 saturated carbocycles. The third kappa shape index (κ3) is 9.38. The van der Waals surface area contributed by atoms with Crippen LogP contribution in [0.3, 0.4) is 0 Å². The van der Waals surface area contributed by atoms with Crippen LogP contribution in [0.5, 0.6) is 0 Å². The maximum Gasteiger partial charge on any atom is 0.380 e. The van der Waals surface area contributed by atoms with Crippen molar-refractivity contribution in [2.24, 2.45) is 0 Å². The average Bonchev–Trinajstić information content (AvgIpc) is 3.53. The number of halogens is 16. The largest absolute Gasteiger partial charge is 0.380 e. The van der Waals surface area contributed by atoms with Gasteiger partial charge >= 0.3 is 48.4 Å². The average molecular weight is 1020 g/mol. The van der Waals surface area contributed by atoms with Crippen LogP contribution in [0.15, 0.2) is 82.7 Å². The molecule has 0 fully saturated rings. The number of para-hydroxylation sites is 1. The number of hydrogen-bond donors (Lipinski definition) is 0. The van der Waals surface area contributed by atoms with Crippen molar-refractivity contribution >= 4 is 48.8 Å². The standard InChI is InChI=1S/C34H21F16N3O11S2/c1-16(54)51(17-6-3-2-4-7-17)9-5-8-20-21-10-18(65(59,60)63-14-29(39,40)33(47,48)31(43,44)27(35)36)12-23(52(55)56)25(21)26-22(20)11-19(13-24(26)53(57)58)66(61,62)64-15-30(41,42)34(49,50)32(45,46)28(37)38/h2-13,27-28H,14-15H2,1H3/b9-5+. The van der Waals surface area contributed by atoms with Gasteiger partial charge in [0.15, 0.2) is 0 Å². The summed E-state index contributed by atoms with van der Waals surface area (Å²) in [4.78, 5) is 31.4. The molecule has 362 valence electrons. The molecule has 32 heteroatoms. The lowest BCUT2D eigenvalue weighted by Crippen LogP contribution is -2.59. The number of carbonyl (C=O) groups excluding carboxylic acids is 1. The number of amides is 1. The second-order valence-corrected chi connectivity index (χ2v) is 16.5. The summed E-state index contributed by atoms with van der Waals surface area (Å²) in [5, 5.41) is 24.8. The van der Waals surface area contributed by atoms with E-state index in [-0.39, 0.29) is 30.0 Å². The van der Waals surface area contributed by atoms with Crippen LogP contribution < -0.4 is 4.90 Å². The fraction of sp³-hybridized carbons (Fsp3) is 0.324. The lowest BCUT2D eigenvalue weighted by molar-refractivity contribution is -0.386. The molecule has 4 rings (SSSR count). The first-order valence-corrected chi connectivity index (χ1v) is 19.7. The van der Waals surface area contributed by atoms with Crippen molar-refractivity contribution in [2.45, 2.75) is 65.1 Å². The highest BCUT2D eigenvalue weighted by molar-refractivity contribution is 7.87. The van der Waals surface area contributed by atoms with Gasteiger partial charge in [0.05, 0.1) is 21.0 Å². The number of rotatable bonds is 19. The van der Waals surface area contributed by atoms with E-state index in [1.807, 2.05) is 0 Å². The van der Waals surface area contributed by atoms with Crippen molar-refractivity contribution < 1.29 is 110 Å².